The molecule has 2 amide bonds. The summed E-state index contributed by atoms with van der Waals surface area (Å²) in [7, 11) is 1.97. The summed E-state index contributed by atoms with van der Waals surface area (Å²) in [6.45, 7) is 9.21. The number of hydrogen-bond donors (Lipinski definition) is 1. The zero-order valence-electron chi connectivity index (χ0n) is 19.0. The number of amides is 2. The fourth-order valence-electron chi connectivity index (χ4n) is 3.86. The first kappa shape index (κ1) is 23.3. The van der Waals surface area contributed by atoms with E-state index in [1.165, 1.54) is 0 Å². The quantitative estimate of drug-likeness (QED) is 0.476. The van der Waals surface area contributed by atoms with Crippen molar-refractivity contribution in [2.75, 3.05) is 26.7 Å². The molecule has 1 aliphatic heterocycles. The van der Waals surface area contributed by atoms with E-state index in [-0.39, 0.29) is 12.6 Å². The van der Waals surface area contributed by atoms with Crippen LogP contribution in [0.5, 0.6) is 0 Å². The molecule has 0 saturated carbocycles. The molecule has 0 radical (unpaired) electrons. The van der Waals surface area contributed by atoms with Crippen molar-refractivity contribution in [1.29, 1.82) is 0 Å². The number of hydrogen-bond acceptors (Lipinski definition) is 4. The highest BCUT2D eigenvalue weighted by atomic mass is 16.5. The molecule has 1 N–H and O–H groups in total. The van der Waals surface area contributed by atoms with Crippen LogP contribution < -0.4 is 5.32 Å². The molecule has 0 unspecified atom stereocenters. The van der Waals surface area contributed by atoms with Gasteiger partial charge in [-0.3, -0.25) is 9.80 Å². The van der Waals surface area contributed by atoms with Crippen LogP contribution in [0.3, 0.4) is 0 Å². The standard InChI is InChI=1S/C26H31N3O3/c1-5-16-29-22(18-28(4)17-20-10-8-7-9-11-20)23(25(30)32-6-2)24(27-26(29)31)21-14-12-19(3)13-15-21/h5,7-15,24H,1,6,16-18H2,2-4H3,(H,27,31)/t24-/m0/s1. The third-order valence-corrected chi connectivity index (χ3v) is 5.37. The molecule has 2 aromatic carbocycles. The van der Waals surface area contributed by atoms with E-state index in [1.54, 1.807) is 17.9 Å². The molecule has 1 aliphatic rings. The van der Waals surface area contributed by atoms with Crippen molar-refractivity contribution in [3.05, 3.63) is 95.2 Å². The highest BCUT2D eigenvalue weighted by molar-refractivity contribution is 5.95. The number of aryl methyl sites for hydroxylation is 1. The highest BCUT2D eigenvalue weighted by Gasteiger charge is 2.38. The number of benzene rings is 2. The van der Waals surface area contributed by atoms with E-state index in [0.29, 0.717) is 30.9 Å². The summed E-state index contributed by atoms with van der Waals surface area (Å²) >= 11 is 0. The molecule has 0 aromatic heterocycles. The Morgan fingerprint density at radius 2 is 1.84 bits per heavy atom. The Balaban J connectivity index is 2.05. The zero-order valence-corrected chi connectivity index (χ0v) is 19.0. The minimum atomic E-state index is -0.580. The van der Waals surface area contributed by atoms with Crippen LogP contribution in [-0.4, -0.2) is 48.5 Å². The second-order valence-corrected chi connectivity index (χ2v) is 7.93. The summed E-state index contributed by atoms with van der Waals surface area (Å²) in [6, 6.07) is 17.1. The second kappa shape index (κ2) is 10.8. The average molecular weight is 434 g/mol. The van der Waals surface area contributed by atoms with Crippen LogP contribution >= 0.6 is 0 Å². The Morgan fingerprint density at radius 1 is 1.16 bits per heavy atom. The number of rotatable bonds is 9. The lowest BCUT2D eigenvalue weighted by Gasteiger charge is -2.37. The van der Waals surface area contributed by atoms with E-state index < -0.39 is 12.0 Å². The molecule has 0 saturated heterocycles. The first-order chi connectivity index (χ1) is 15.4. The number of carbonyl (C=O) groups is 2. The smallest absolute Gasteiger partial charge is 0.338 e. The minimum Gasteiger partial charge on any atom is -0.463 e. The number of ether oxygens (including phenoxy) is 1. The largest absolute Gasteiger partial charge is 0.463 e. The lowest BCUT2D eigenvalue weighted by molar-refractivity contribution is -0.139. The van der Waals surface area contributed by atoms with Gasteiger partial charge in [0.05, 0.1) is 18.2 Å². The van der Waals surface area contributed by atoms with Crippen LogP contribution in [0.2, 0.25) is 0 Å². The van der Waals surface area contributed by atoms with Gasteiger partial charge >= 0.3 is 12.0 Å². The predicted octanol–water partition coefficient (Wildman–Crippen LogP) is 4.20. The van der Waals surface area contributed by atoms with Crippen LogP contribution in [0, 0.1) is 6.92 Å². The SMILES string of the molecule is C=CCN1C(=O)N[C@@H](c2ccc(C)cc2)C(C(=O)OCC)=C1CN(C)Cc1ccccc1. The summed E-state index contributed by atoms with van der Waals surface area (Å²) in [5.41, 5.74) is 4.19. The Bertz CT molecular complexity index is 983. The van der Waals surface area contributed by atoms with Gasteiger partial charge in [0.2, 0.25) is 0 Å². The number of carbonyl (C=O) groups excluding carboxylic acids is 2. The maximum Gasteiger partial charge on any atom is 0.338 e. The molecule has 2 aromatic rings. The van der Waals surface area contributed by atoms with E-state index >= 15 is 0 Å². The number of urea groups is 1. The van der Waals surface area contributed by atoms with Crippen molar-refractivity contribution in [3.8, 4) is 0 Å². The van der Waals surface area contributed by atoms with Crippen molar-refractivity contribution >= 4 is 12.0 Å². The van der Waals surface area contributed by atoms with Gasteiger partial charge in [0, 0.05) is 25.3 Å². The topological polar surface area (TPSA) is 61.9 Å². The maximum absolute atomic E-state index is 13.2. The van der Waals surface area contributed by atoms with E-state index in [4.69, 9.17) is 4.74 Å². The van der Waals surface area contributed by atoms with Crippen molar-refractivity contribution in [1.82, 2.24) is 15.1 Å². The van der Waals surface area contributed by atoms with Crippen molar-refractivity contribution in [3.63, 3.8) is 0 Å². The van der Waals surface area contributed by atoms with Gasteiger partial charge < -0.3 is 10.1 Å². The molecule has 32 heavy (non-hydrogen) atoms. The minimum absolute atomic E-state index is 0.255. The Morgan fingerprint density at radius 3 is 2.47 bits per heavy atom. The van der Waals surface area contributed by atoms with Gasteiger partial charge in [-0.15, -0.1) is 6.58 Å². The fourth-order valence-corrected chi connectivity index (χ4v) is 3.86. The number of esters is 1. The van der Waals surface area contributed by atoms with Crippen LogP contribution in [0.15, 0.2) is 78.5 Å². The van der Waals surface area contributed by atoms with Crippen molar-refractivity contribution in [2.45, 2.75) is 26.4 Å². The summed E-state index contributed by atoms with van der Waals surface area (Å²) in [5, 5.41) is 2.99. The van der Waals surface area contributed by atoms with Gasteiger partial charge in [-0.25, -0.2) is 9.59 Å². The molecule has 1 atom stereocenters. The van der Waals surface area contributed by atoms with Crippen LogP contribution in [0.1, 0.15) is 29.7 Å². The van der Waals surface area contributed by atoms with Gasteiger partial charge in [-0.2, -0.15) is 0 Å². The van der Waals surface area contributed by atoms with E-state index in [0.717, 1.165) is 16.7 Å². The summed E-state index contributed by atoms with van der Waals surface area (Å²) in [6.07, 6.45) is 1.66. The molecule has 168 valence electrons. The molecule has 1 heterocycles. The summed E-state index contributed by atoms with van der Waals surface area (Å²) in [4.78, 5) is 29.9. The number of nitrogens with zero attached hydrogens (tertiary/aromatic N) is 2. The molecule has 6 nitrogen and oxygen atoms in total. The van der Waals surface area contributed by atoms with Gasteiger partial charge in [0.1, 0.15) is 0 Å². The number of likely N-dealkylation sites (N-methyl/N-ethyl adjacent to an activating group) is 1. The molecule has 0 spiro atoms. The fraction of sp³-hybridized carbons (Fsp3) is 0.308. The third kappa shape index (κ3) is 5.45. The first-order valence-electron chi connectivity index (χ1n) is 10.8. The molecule has 0 bridgehead atoms. The van der Waals surface area contributed by atoms with Gasteiger partial charge in [0.15, 0.2) is 0 Å². The van der Waals surface area contributed by atoms with E-state index in [9.17, 15) is 9.59 Å². The zero-order chi connectivity index (χ0) is 23.1. The number of nitrogens with one attached hydrogen (secondary N) is 1. The van der Waals surface area contributed by atoms with E-state index in [1.807, 2.05) is 56.4 Å². The van der Waals surface area contributed by atoms with Gasteiger partial charge in [0.25, 0.3) is 0 Å². The normalized spacial score (nSPS) is 16.2. The second-order valence-electron chi connectivity index (χ2n) is 7.93. The van der Waals surface area contributed by atoms with Crippen LogP contribution in [0.25, 0.3) is 0 Å². The average Bonchev–Trinajstić information content (AvgIpc) is 2.77. The Hall–Kier alpha value is -3.38. The Labute approximate surface area is 190 Å². The highest BCUT2D eigenvalue weighted by Crippen LogP contribution is 2.32. The molecule has 3 rings (SSSR count). The van der Waals surface area contributed by atoms with Crippen molar-refractivity contribution in [2.24, 2.45) is 0 Å². The molecule has 0 aliphatic carbocycles. The maximum atomic E-state index is 13.2. The third-order valence-electron chi connectivity index (χ3n) is 5.37. The van der Waals surface area contributed by atoms with Gasteiger partial charge in [-0.05, 0) is 32.0 Å². The van der Waals surface area contributed by atoms with Crippen LogP contribution in [0.4, 0.5) is 4.79 Å². The summed E-state index contributed by atoms with van der Waals surface area (Å²) in [5.74, 6) is -0.421. The van der Waals surface area contributed by atoms with E-state index in [2.05, 4.69) is 28.9 Å². The molecular weight excluding hydrogens is 402 g/mol. The first-order valence-corrected chi connectivity index (χ1v) is 10.8. The Kier molecular flexibility index (Phi) is 7.84. The summed E-state index contributed by atoms with van der Waals surface area (Å²) < 4.78 is 5.43. The van der Waals surface area contributed by atoms with Crippen LogP contribution in [-0.2, 0) is 16.1 Å². The monoisotopic (exact) mass is 433 g/mol. The van der Waals surface area contributed by atoms with Gasteiger partial charge in [-0.1, -0.05) is 66.2 Å². The van der Waals surface area contributed by atoms with Crippen molar-refractivity contribution < 1.29 is 14.3 Å². The molecular formula is C26H31N3O3. The predicted molar refractivity (Wildman–Crippen MR) is 126 cm³/mol. The lowest BCUT2D eigenvalue weighted by atomic mass is 9.93. The molecule has 0 fully saturated rings. The molecule has 6 heteroatoms. The lowest BCUT2D eigenvalue weighted by Crippen LogP contribution is -2.50.